The van der Waals surface area contributed by atoms with Crippen molar-refractivity contribution in [3.63, 3.8) is 0 Å². The van der Waals surface area contributed by atoms with E-state index < -0.39 is 16.0 Å². The van der Waals surface area contributed by atoms with E-state index in [1.54, 1.807) is 6.92 Å². The predicted octanol–water partition coefficient (Wildman–Crippen LogP) is 2.85. The van der Waals surface area contributed by atoms with Gasteiger partial charge in [0.05, 0.1) is 15.5 Å². The molecule has 21 heavy (non-hydrogen) atoms. The maximum Gasteiger partial charge on any atom is 0.337 e. The molecule has 116 valence electrons. The van der Waals surface area contributed by atoms with Gasteiger partial charge in [-0.3, -0.25) is 0 Å². The number of carbonyl (C=O) groups is 1. The van der Waals surface area contributed by atoms with Crippen LogP contribution in [0.25, 0.3) is 0 Å². The van der Waals surface area contributed by atoms with Gasteiger partial charge in [-0.2, -0.15) is 4.31 Å². The van der Waals surface area contributed by atoms with Crippen molar-refractivity contribution in [1.29, 1.82) is 0 Å². The standard InChI is InChI=1S/C14H18ClNO4S/c1-2-16(9-10-4-3-5-10)21(19,20)11-6-7-12(14(17)18)13(15)8-11/h6-8,10H,2-5,9H2,1H3,(H,17,18). The molecule has 0 aromatic heterocycles. The van der Waals surface area contributed by atoms with Crippen LogP contribution in [0.3, 0.4) is 0 Å². The highest BCUT2D eigenvalue weighted by molar-refractivity contribution is 7.89. The zero-order chi connectivity index (χ0) is 15.6. The number of halogens is 1. The van der Waals surface area contributed by atoms with E-state index in [2.05, 4.69) is 0 Å². The average molecular weight is 332 g/mol. The summed E-state index contributed by atoms with van der Waals surface area (Å²) in [6.07, 6.45) is 3.27. The minimum atomic E-state index is -3.63. The Morgan fingerprint density at radius 1 is 1.43 bits per heavy atom. The average Bonchev–Trinajstić information content (AvgIpc) is 2.36. The van der Waals surface area contributed by atoms with Crippen LogP contribution in [-0.4, -0.2) is 36.9 Å². The van der Waals surface area contributed by atoms with Gasteiger partial charge in [0, 0.05) is 13.1 Å². The fourth-order valence-corrected chi connectivity index (χ4v) is 4.22. The highest BCUT2D eigenvalue weighted by Gasteiger charge is 2.29. The normalized spacial score (nSPS) is 16.0. The third kappa shape index (κ3) is 3.39. The van der Waals surface area contributed by atoms with Crippen molar-refractivity contribution < 1.29 is 18.3 Å². The number of hydrogen-bond acceptors (Lipinski definition) is 3. The Labute approximate surface area is 129 Å². The maximum atomic E-state index is 12.6. The molecule has 1 aromatic rings. The first-order chi connectivity index (χ1) is 9.86. The molecule has 0 aliphatic heterocycles. The number of carboxylic acids is 1. The molecule has 1 aliphatic rings. The molecule has 0 atom stereocenters. The number of sulfonamides is 1. The Hall–Kier alpha value is -1.11. The van der Waals surface area contributed by atoms with Gasteiger partial charge in [0.15, 0.2) is 0 Å². The molecule has 5 nitrogen and oxygen atoms in total. The molecular formula is C14H18ClNO4S. The van der Waals surface area contributed by atoms with Gasteiger partial charge >= 0.3 is 5.97 Å². The van der Waals surface area contributed by atoms with Gasteiger partial charge < -0.3 is 5.11 Å². The van der Waals surface area contributed by atoms with E-state index in [0.717, 1.165) is 19.3 Å². The molecule has 1 N–H and O–H groups in total. The highest BCUT2D eigenvalue weighted by Crippen LogP contribution is 2.30. The lowest BCUT2D eigenvalue weighted by atomic mass is 9.85. The Morgan fingerprint density at radius 2 is 2.10 bits per heavy atom. The van der Waals surface area contributed by atoms with Gasteiger partial charge in [0.25, 0.3) is 0 Å². The molecule has 1 aliphatic carbocycles. The molecule has 1 aromatic carbocycles. The second-order valence-electron chi connectivity index (χ2n) is 5.20. The molecule has 0 heterocycles. The van der Waals surface area contributed by atoms with Crippen molar-refractivity contribution in [1.82, 2.24) is 4.31 Å². The summed E-state index contributed by atoms with van der Waals surface area (Å²) in [5.74, 6) is -0.751. The van der Waals surface area contributed by atoms with Gasteiger partial charge in [0.2, 0.25) is 10.0 Å². The number of nitrogens with zero attached hydrogens (tertiary/aromatic N) is 1. The predicted molar refractivity (Wildman–Crippen MR) is 80.2 cm³/mol. The summed E-state index contributed by atoms with van der Waals surface area (Å²) >= 11 is 5.86. The van der Waals surface area contributed by atoms with Gasteiger partial charge in [0.1, 0.15) is 0 Å². The second-order valence-corrected chi connectivity index (χ2v) is 7.54. The molecule has 0 amide bonds. The molecule has 0 unspecified atom stereocenters. The van der Waals surface area contributed by atoms with E-state index in [1.165, 1.54) is 22.5 Å². The van der Waals surface area contributed by atoms with Crippen LogP contribution in [0.5, 0.6) is 0 Å². The lowest BCUT2D eigenvalue weighted by Crippen LogP contribution is -2.37. The monoisotopic (exact) mass is 331 g/mol. The summed E-state index contributed by atoms with van der Waals surface area (Å²) in [6.45, 7) is 2.69. The van der Waals surface area contributed by atoms with Crippen LogP contribution in [0.2, 0.25) is 5.02 Å². The molecule has 0 saturated heterocycles. The minimum Gasteiger partial charge on any atom is -0.478 e. The van der Waals surface area contributed by atoms with Crippen LogP contribution in [0, 0.1) is 5.92 Å². The molecule has 7 heteroatoms. The number of benzene rings is 1. The van der Waals surface area contributed by atoms with Gasteiger partial charge in [-0.1, -0.05) is 24.9 Å². The van der Waals surface area contributed by atoms with Crippen molar-refractivity contribution in [2.75, 3.05) is 13.1 Å². The first kappa shape index (κ1) is 16.3. The Balaban J connectivity index is 2.28. The van der Waals surface area contributed by atoms with Crippen molar-refractivity contribution >= 4 is 27.6 Å². The summed E-state index contributed by atoms with van der Waals surface area (Å²) in [6, 6.07) is 3.74. The molecule has 2 rings (SSSR count). The summed E-state index contributed by atoms with van der Waals surface area (Å²) in [7, 11) is -3.63. The van der Waals surface area contributed by atoms with E-state index >= 15 is 0 Å². The SMILES string of the molecule is CCN(CC1CCC1)S(=O)(=O)c1ccc(C(=O)O)c(Cl)c1. The fraction of sp³-hybridized carbons (Fsp3) is 0.500. The molecule has 0 bridgehead atoms. The second kappa shape index (κ2) is 6.34. The molecule has 0 radical (unpaired) electrons. The summed E-state index contributed by atoms with van der Waals surface area (Å²) < 4.78 is 26.6. The first-order valence-corrected chi connectivity index (χ1v) is 8.71. The number of hydrogen-bond donors (Lipinski definition) is 1. The van der Waals surface area contributed by atoms with Crippen molar-refractivity contribution in [2.45, 2.75) is 31.1 Å². The zero-order valence-corrected chi connectivity index (χ0v) is 13.3. The van der Waals surface area contributed by atoms with Gasteiger partial charge in [-0.15, -0.1) is 0 Å². The van der Waals surface area contributed by atoms with Crippen molar-refractivity contribution in [3.8, 4) is 0 Å². The largest absolute Gasteiger partial charge is 0.478 e. The van der Waals surface area contributed by atoms with E-state index in [4.69, 9.17) is 16.7 Å². The number of carboxylic acid groups (broad SMARTS) is 1. The summed E-state index contributed by atoms with van der Waals surface area (Å²) in [5, 5.41) is 8.86. The summed E-state index contributed by atoms with van der Waals surface area (Å²) in [5.41, 5.74) is -0.0994. The highest BCUT2D eigenvalue weighted by atomic mass is 35.5. The molecule has 0 spiro atoms. The number of aromatic carboxylic acids is 1. The maximum absolute atomic E-state index is 12.6. The van der Waals surface area contributed by atoms with Crippen LogP contribution in [0.4, 0.5) is 0 Å². The number of rotatable bonds is 6. The quantitative estimate of drug-likeness (QED) is 0.869. The Kier molecular flexibility index (Phi) is 4.91. The Bertz CT molecular complexity index is 640. The first-order valence-electron chi connectivity index (χ1n) is 6.89. The van der Waals surface area contributed by atoms with E-state index in [-0.39, 0.29) is 15.5 Å². The van der Waals surface area contributed by atoms with E-state index in [1.807, 2.05) is 0 Å². The minimum absolute atomic E-state index is 0.0404. The fourth-order valence-electron chi connectivity index (χ4n) is 2.34. The zero-order valence-electron chi connectivity index (χ0n) is 11.8. The van der Waals surface area contributed by atoms with Crippen LogP contribution < -0.4 is 0 Å². The molecular weight excluding hydrogens is 314 g/mol. The third-order valence-corrected chi connectivity index (χ3v) is 6.10. The van der Waals surface area contributed by atoms with Crippen LogP contribution in [0.15, 0.2) is 23.1 Å². The van der Waals surface area contributed by atoms with Gasteiger partial charge in [-0.05, 0) is 37.0 Å². The van der Waals surface area contributed by atoms with Crippen LogP contribution in [0.1, 0.15) is 36.5 Å². The van der Waals surface area contributed by atoms with Crippen LogP contribution >= 0.6 is 11.6 Å². The Morgan fingerprint density at radius 3 is 2.52 bits per heavy atom. The molecule has 1 saturated carbocycles. The smallest absolute Gasteiger partial charge is 0.337 e. The molecule has 1 fully saturated rings. The van der Waals surface area contributed by atoms with E-state index in [0.29, 0.717) is 19.0 Å². The third-order valence-electron chi connectivity index (χ3n) is 3.85. The lowest BCUT2D eigenvalue weighted by Gasteiger charge is -2.31. The van der Waals surface area contributed by atoms with Crippen molar-refractivity contribution in [3.05, 3.63) is 28.8 Å². The van der Waals surface area contributed by atoms with E-state index in [9.17, 15) is 13.2 Å². The van der Waals surface area contributed by atoms with Crippen molar-refractivity contribution in [2.24, 2.45) is 5.92 Å². The van der Waals surface area contributed by atoms with Gasteiger partial charge in [-0.25, -0.2) is 13.2 Å². The topological polar surface area (TPSA) is 74.7 Å². The van der Waals surface area contributed by atoms with Crippen LogP contribution in [-0.2, 0) is 10.0 Å². The summed E-state index contributed by atoms with van der Waals surface area (Å²) in [4.78, 5) is 11.0. The lowest BCUT2D eigenvalue weighted by molar-refractivity contribution is 0.0697.